The zero-order chi connectivity index (χ0) is 18.6. The van der Waals surface area contributed by atoms with E-state index in [1.165, 1.54) is 0 Å². The highest BCUT2D eigenvalue weighted by atomic mass is 16.6. The van der Waals surface area contributed by atoms with Gasteiger partial charge in [0.05, 0.1) is 78.3 Å². The summed E-state index contributed by atoms with van der Waals surface area (Å²) in [4.78, 5) is 0. The lowest BCUT2D eigenvalue weighted by Crippen LogP contribution is -2.34. The maximum atomic E-state index is 9.32. The van der Waals surface area contributed by atoms with Crippen molar-refractivity contribution in [2.45, 2.75) is 12.2 Å². The molecule has 0 rings (SSSR count). The molecule has 25 heavy (non-hydrogen) atoms. The van der Waals surface area contributed by atoms with Gasteiger partial charge in [-0.1, -0.05) is 0 Å². The maximum Gasteiger partial charge on any atom is 0.0911 e. The Balaban J connectivity index is 3.07. The van der Waals surface area contributed by atoms with E-state index in [1.807, 2.05) is 0 Å². The first-order valence-electron chi connectivity index (χ1n) is 8.32. The van der Waals surface area contributed by atoms with Crippen LogP contribution in [0.25, 0.3) is 0 Å². The Morgan fingerprint density at radius 3 is 1.12 bits per heavy atom. The number of hydrogen-bond acceptors (Lipinski definition) is 11. The fourth-order valence-electron chi connectivity index (χ4n) is 1.61. The SMILES string of the molecule is NNCC(O)COCCOCCOCCOCCOCC(O)CNN. The standard InChI is InChI=1S/C14H34N4O7/c15-17-9-13(19)11-24-7-5-22-3-1-21-2-4-23-6-8-25-12-14(20)10-18-16/h13-14,17-20H,1-12,15-16H2. The quantitative estimate of drug-likeness (QED) is 0.0723. The molecule has 0 heterocycles. The van der Waals surface area contributed by atoms with E-state index in [2.05, 4.69) is 10.9 Å². The minimum Gasteiger partial charge on any atom is -0.389 e. The molecular formula is C14H34N4O7. The third kappa shape index (κ3) is 19.7. The van der Waals surface area contributed by atoms with Crippen molar-refractivity contribution in [2.24, 2.45) is 11.7 Å². The highest BCUT2D eigenvalue weighted by Gasteiger charge is 2.02. The molecule has 0 amide bonds. The average Bonchev–Trinajstić information content (AvgIpc) is 2.58. The lowest BCUT2D eigenvalue weighted by atomic mass is 10.4. The molecule has 152 valence electrons. The zero-order valence-electron chi connectivity index (χ0n) is 14.7. The molecule has 0 aliphatic carbocycles. The molecule has 0 aliphatic heterocycles. The first-order valence-corrected chi connectivity index (χ1v) is 8.32. The predicted molar refractivity (Wildman–Crippen MR) is 90.5 cm³/mol. The summed E-state index contributed by atoms with van der Waals surface area (Å²) in [6.07, 6.45) is -1.24. The van der Waals surface area contributed by atoms with Crippen LogP contribution in [0.2, 0.25) is 0 Å². The molecule has 8 N–H and O–H groups in total. The molecule has 11 nitrogen and oxygen atoms in total. The van der Waals surface area contributed by atoms with E-state index in [-0.39, 0.29) is 26.3 Å². The Labute approximate surface area is 148 Å². The summed E-state index contributed by atoms with van der Waals surface area (Å²) in [7, 11) is 0. The van der Waals surface area contributed by atoms with Crippen LogP contribution in [0.15, 0.2) is 0 Å². The largest absolute Gasteiger partial charge is 0.389 e. The third-order valence-corrected chi connectivity index (χ3v) is 2.82. The van der Waals surface area contributed by atoms with Crippen molar-refractivity contribution in [3.05, 3.63) is 0 Å². The second kappa shape index (κ2) is 19.9. The lowest BCUT2D eigenvalue weighted by molar-refractivity contribution is -0.0257. The first kappa shape index (κ1) is 24.6. The second-order valence-electron chi connectivity index (χ2n) is 5.11. The van der Waals surface area contributed by atoms with Crippen LogP contribution in [0, 0.1) is 0 Å². The smallest absolute Gasteiger partial charge is 0.0911 e. The van der Waals surface area contributed by atoms with Gasteiger partial charge in [-0.3, -0.25) is 22.5 Å². The van der Waals surface area contributed by atoms with Gasteiger partial charge in [-0.25, -0.2) is 0 Å². The van der Waals surface area contributed by atoms with Gasteiger partial charge >= 0.3 is 0 Å². The Hall–Kier alpha value is -0.440. The minimum atomic E-state index is -0.619. The first-order chi connectivity index (χ1) is 12.2. The third-order valence-electron chi connectivity index (χ3n) is 2.82. The predicted octanol–water partition coefficient (Wildman–Crippen LogP) is -3.28. The normalized spacial score (nSPS) is 13.9. The van der Waals surface area contributed by atoms with Gasteiger partial charge in [0.2, 0.25) is 0 Å². The van der Waals surface area contributed by atoms with Crippen molar-refractivity contribution in [3.8, 4) is 0 Å². The van der Waals surface area contributed by atoms with Crippen LogP contribution in [0.4, 0.5) is 0 Å². The van der Waals surface area contributed by atoms with Crippen LogP contribution in [0.3, 0.4) is 0 Å². The Bertz CT molecular complexity index is 243. The van der Waals surface area contributed by atoms with E-state index in [1.54, 1.807) is 0 Å². The molecule has 0 aromatic heterocycles. The van der Waals surface area contributed by atoms with Gasteiger partial charge in [-0.15, -0.1) is 0 Å². The lowest BCUT2D eigenvalue weighted by Gasteiger charge is -2.11. The topological polar surface area (TPSA) is 163 Å². The second-order valence-corrected chi connectivity index (χ2v) is 5.11. The molecule has 2 atom stereocenters. The van der Waals surface area contributed by atoms with Gasteiger partial charge in [0.15, 0.2) is 0 Å². The maximum absolute atomic E-state index is 9.32. The number of hydrazine groups is 2. The molecule has 0 aromatic carbocycles. The number of nitrogens with two attached hydrogens (primary N) is 2. The molecule has 0 aliphatic rings. The molecule has 0 saturated heterocycles. The Morgan fingerprint density at radius 2 is 0.840 bits per heavy atom. The zero-order valence-corrected chi connectivity index (χ0v) is 14.7. The summed E-state index contributed by atoms with van der Waals surface area (Å²) >= 11 is 0. The van der Waals surface area contributed by atoms with Crippen LogP contribution in [-0.2, 0) is 23.7 Å². The number of nitrogens with one attached hydrogen (secondary N) is 2. The monoisotopic (exact) mass is 370 g/mol. The molecule has 0 spiro atoms. The molecule has 0 saturated carbocycles. The van der Waals surface area contributed by atoms with Crippen LogP contribution < -0.4 is 22.5 Å². The van der Waals surface area contributed by atoms with E-state index < -0.39 is 12.2 Å². The summed E-state index contributed by atoms with van der Waals surface area (Å²) in [5.41, 5.74) is 4.73. The van der Waals surface area contributed by atoms with E-state index in [0.717, 1.165) is 0 Å². The van der Waals surface area contributed by atoms with Gasteiger partial charge in [0.25, 0.3) is 0 Å². The summed E-state index contributed by atoms with van der Waals surface area (Å²) in [5, 5.41) is 18.6. The summed E-state index contributed by atoms with van der Waals surface area (Å²) in [6.45, 7) is 4.56. The molecular weight excluding hydrogens is 336 g/mol. The molecule has 0 radical (unpaired) electrons. The van der Waals surface area contributed by atoms with Gasteiger partial charge in [0.1, 0.15) is 0 Å². The highest BCUT2D eigenvalue weighted by Crippen LogP contribution is 1.87. The van der Waals surface area contributed by atoms with Gasteiger partial charge in [0, 0.05) is 13.1 Å². The molecule has 2 unspecified atom stereocenters. The van der Waals surface area contributed by atoms with Gasteiger partial charge in [-0.05, 0) is 0 Å². The number of aliphatic hydroxyl groups excluding tert-OH is 2. The average molecular weight is 370 g/mol. The molecule has 0 fully saturated rings. The minimum absolute atomic E-state index is 0.216. The summed E-state index contributed by atoms with van der Waals surface area (Å²) in [6, 6.07) is 0. The van der Waals surface area contributed by atoms with Crippen LogP contribution in [-0.4, -0.2) is 102 Å². The fourth-order valence-corrected chi connectivity index (χ4v) is 1.61. The summed E-state index contributed by atoms with van der Waals surface area (Å²) in [5.74, 6) is 10.1. The van der Waals surface area contributed by atoms with Crippen LogP contribution in [0.1, 0.15) is 0 Å². The van der Waals surface area contributed by atoms with Gasteiger partial charge < -0.3 is 33.9 Å². The Kier molecular flexibility index (Phi) is 19.5. The van der Waals surface area contributed by atoms with E-state index in [9.17, 15) is 10.2 Å². The van der Waals surface area contributed by atoms with Crippen molar-refractivity contribution < 1.29 is 33.9 Å². The molecule has 0 aromatic rings. The van der Waals surface area contributed by atoms with Crippen molar-refractivity contribution in [3.63, 3.8) is 0 Å². The fraction of sp³-hybridized carbons (Fsp3) is 1.00. The molecule has 11 heteroatoms. The molecule has 0 bridgehead atoms. The summed E-state index contributed by atoms with van der Waals surface area (Å²) < 4.78 is 26.3. The number of hydrogen-bond donors (Lipinski definition) is 6. The van der Waals surface area contributed by atoms with Crippen molar-refractivity contribution in [2.75, 3.05) is 79.2 Å². The van der Waals surface area contributed by atoms with Gasteiger partial charge in [-0.2, -0.15) is 0 Å². The van der Waals surface area contributed by atoms with Crippen molar-refractivity contribution in [1.29, 1.82) is 0 Å². The van der Waals surface area contributed by atoms with Crippen LogP contribution >= 0.6 is 0 Å². The number of rotatable bonds is 20. The Morgan fingerprint density at radius 1 is 0.560 bits per heavy atom. The number of ether oxygens (including phenoxy) is 5. The van der Waals surface area contributed by atoms with E-state index in [4.69, 9.17) is 35.4 Å². The van der Waals surface area contributed by atoms with E-state index in [0.29, 0.717) is 52.9 Å². The van der Waals surface area contributed by atoms with E-state index >= 15 is 0 Å². The van der Waals surface area contributed by atoms with Crippen molar-refractivity contribution >= 4 is 0 Å². The number of aliphatic hydroxyl groups is 2. The van der Waals surface area contributed by atoms with Crippen molar-refractivity contribution in [1.82, 2.24) is 10.9 Å². The highest BCUT2D eigenvalue weighted by molar-refractivity contribution is 4.54. The van der Waals surface area contributed by atoms with Crippen LogP contribution in [0.5, 0.6) is 0 Å².